The molecule has 2 rings (SSSR count). The van der Waals surface area contributed by atoms with Crippen molar-refractivity contribution in [3.63, 3.8) is 0 Å². The predicted octanol–water partition coefficient (Wildman–Crippen LogP) is 1.10. The topological polar surface area (TPSA) is 168 Å². The average molecular weight is 352 g/mol. The summed E-state index contributed by atoms with van der Waals surface area (Å²) in [6.45, 7) is 0. The van der Waals surface area contributed by atoms with Crippen LogP contribution in [0.5, 0.6) is 11.5 Å². The molecule has 5 N–H and O–H groups in total. The summed E-state index contributed by atoms with van der Waals surface area (Å²) in [6.07, 6.45) is 1.13. The zero-order chi connectivity index (χ0) is 17.9. The first kappa shape index (κ1) is 17.2. The van der Waals surface area contributed by atoms with Gasteiger partial charge in [0.15, 0.2) is 11.5 Å². The summed E-state index contributed by atoms with van der Waals surface area (Å²) in [5, 5.41) is 38.6. The fourth-order valence-electron chi connectivity index (χ4n) is 1.76. The second-order valence-electron chi connectivity index (χ2n) is 4.57. The number of phenols is 2. The zero-order valence-corrected chi connectivity index (χ0v) is 12.8. The second kappa shape index (κ2) is 6.52. The van der Waals surface area contributed by atoms with Gasteiger partial charge in [0.25, 0.3) is 5.69 Å². The van der Waals surface area contributed by atoms with E-state index in [9.17, 15) is 28.7 Å². The molecule has 0 saturated heterocycles. The van der Waals surface area contributed by atoms with Crippen LogP contribution >= 0.6 is 0 Å². The number of benzene rings is 2. The smallest absolute Gasteiger partial charge is 0.295 e. The van der Waals surface area contributed by atoms with Crippen molar-refractivity contribution >= 4 is 27.6 Å². The molecular formula is C13H12N4O6S. The molecule has 0 radical (unpaired) electrons. The van der Waals surface area contributed by atoms with Crippen molar-refractivity contribution in [3.05, 3.63) is 52.1 Å². The lowest BCUT2D eigenvalue weighted by Crippen LogP contribution is -2.12. The number of nitro groups is 1. The van der Waals surface area contributed by atoms with Crippen molar-refractivity contribution in [1.82, 2.24) is 0 Å². The van der Waals surface area contributed by atoms with E-state index in [1.807, 2.05) is 0 Å². The average Bonchev–Trinajstić information content (AvgIpc) is 2.50. The fraction of sp³-hybridized carbons (Fsp3) is 0. The molecule has 0 unspecified atom stereocenters. The summed E-state index contributed by atoms with van der Waals surface area (Å²) in [5.74, 6) is -0.746. The summed E-state index contributed by atoms with van der Waals surface area (Å²) < 4.78 is 22.5. The number of anilines is 1. The lowest BCUT2D eigenvalue weighted by atomic mass is 10.2. The number of sulfonamides is 1. The molecule has 11 heteroatoms. The number of nitrogens with zero attached hydrogens (tertiary/aromatic N) is 2. The van der Waals surface area contributed by atoms with Gasteiger partial charge in [0.2, 0.25) is 10.0 Å². The maximum atomic E-state index is 11.2. The number of rotatable bonds is 5. The molecule has 0 bridgehead atoms. The minimum absolute atomic E-state index is 0.0803. The molecule has 0 aliphatic rings. The third-order valence-corrected chi connectivity index (χ3v) is 3.84. The van der Waals surface area contributed by atoms with Crippen molar-refractivity contribution < 1.29 is 23.6 Å². The van der Waals surface area contributed by atoms with Gasteiger partial charge in [0.1, 0.15) is 5.69 Å². The van der Waals surface area contributed by atoms with Crippen molar-refractivity contribution in [2.45, 2.75) is 4.90 Å². The molecule has 126 valence electrons. The van der Waals surface area contributed by atoms with Gasteiger partial charge in [0, 0.05) is 11.6 Å². The van der Waals surface area contributed by atoms with E-state index in [4.69, 9.17) is 5.14 Å². The van der Waals surface area contributed by atoms with E-state index in [1.54, 1.807) is 0 Å². The molecule has 0 aromatic heterocycles. The Morgan fingerprint density at radius 2 is 1.96 bits per heavy atom. The van der Waals surface area contributed by atoms with Crippen LogP contribution in [-0.2, 0) is 10.0 Å². The maximum absolute atomic E-state index is 11.2. The van der Waals surface area contributed by atoms with Crippen LogP contribution in [0.15, 0.2) is 46.4 Å². The number of para-hydroxylation sites is 1. The molecule has 10 nitrogen and oxygen atoms in total. The van der Waals surface area contributed by atoms with Gasteiger partial charge in [-0.3, -0.25) is 15.5 Å². The van der Waals surface area contributed by atoms with Crippen molar-refractivity contribution in [2.75, 3.05) is 5.43 Å². The Morgan fingerprint density at radius 3 is 2.58 bits per heavy atom. The molecule has 24 heavy (non-hydrogen) atoms. The van der Waals surface area contributed by atoms with Crippen LogP contribution in [0.25, 0.3) is 0 Å². The Bertz CT molecular complexity index is 926. The molecule has 0 aliphatic heterocycles. The molecule has 0 heterocycles. The van der Waals surface area contributed by atoms with Crippen LogP contribution < -0.4 is 10.6 Å². The van der Waals surface area contributed by atoms with E-state index >= 15 is 0 Å². The van der Waals surface area contributed by atoms with Gasteiger partial charge in [-0.2, -0.15) is 5.10 Å². The van der Waals surface area contributed by atoms with Gasteiger partial charge >= 0.3 is 0 Å². The van der Waals surface area contributed by atoms with Crippen molar-refractivity contribution in [1.29, 1.82) is 0 Å². The molecule has 2 aromatic rings. The van der Waals surface area contributed by atoms with Gasteiger partial charge in [-0.25, -0.2) is 13.6 Å². The predicted molar refractivity (Wildman–Crippen MR) is 85.5 cm³/mol. The largest absolute Gasteiger partial charge is 0.504 e. The van der Waals surface area contributed by atoms with E-state index in [1.165, 1.54) is 18.2 Å². The SMILES string of the molecule is NS(=O)(=O)c1ccc(N/N=C/c2cccc(O)c2O)c([N+](=O)[O-])c1. The third-order valence-electron chi connectivity index (χ3n) is 2.93. The normalized spacial score (nSPS) is 11.5. The fourth-order valence-corrected chi connectivity index (χ4v) is 2.29. The molecule has 0 amide bonds. The Labute approximate surface area is 136 Å². The van der Waals surface area contributed by atoms with E-state index in [0.29, 0.717) is 0 Å². The molecule has 0 aliphatic carbocycles. The van der Waals surface area contributed by atoms with Gasteiger partial charge in [-0.05, 0) is 24.3 Å². The number of hydrazone groups is 1. The lowest BCUT2D eigenvalue weighted by molar-refractivity contribution is -0.384. The summed E-state index contributed by atoms with van der Waals surface area (Å²) in [6, 6.07) is 7.23. The third kappa shape index (κ3) is 3.77. The van der Waals surface area contributed by atoms with Crippen LogP contribution in [0.4, 0.5) is 11.4 Å². The van der Waals surface area contributed by atoms with Gasteiger partial charge in [0.05, 0.1) is 16.0 Å². The van der Waals surface area contributed by atoms with Gasteiger partial charge in [-0.15, -0.1) is 0 Å². The molecule has 0 spiro atoms. The standard InChI is InChI=1S/C13H12N4O6S/c14-24(22,23)9-4-5-10(11(6-9)17(20)21)16-15-7-8-2-1-3-12(18)13(8)19/h1-7,16,18-19H,(H2,14,22,23)/b15-7+. The molecule has 0 fully saturated rings. The van der Waals surface area contributed by atoms with Crippen LogP contribution in [-0.4, -0.2) is 29.8 Å². The highest BCUT2D eigenvalue weighted by atomic mass is 32.2. The second-order valence-corrected chi connectivity index (χ2v) is 6.13. The van der Waals surface area contributed by atoms with E-state index in [0.717, 1.165) is 24.4 Å². The first-order valence-electron chi connectivity index (χ1n) is 6.31. The van der Waals surface area contributed by atoms with Crippen LogP contribution in [0.2, 0.25) is 0 Å². The minimum atomic E-state index is -4.08. The van der Waals surface area contributed by atoms with Crippen LogP contribution in [0.3, 0.4) is 0 Å². The minimum Gasteiger partial charge on any atom is -0.504 e. The Kier molecular flexibility index (Phi) is 4.66. The van der Waals surface area contributed by atoms with Crippen molar-refractivity contribution in [3.8, 4) is 11.5 Å². The number of nitrogens with two attached hydrogens (primary N) is 1. The number of nitro benzene ring substituents is 1. The molecular weight excluding hydrogens is 340 g/mol. The van der Waals surface area contributed by atoms with Crippen molar-refractivity contribution in [2.24, 2.45) is 10.2 Å². The maximum Gasteiger partial charge on any atom is 0.295 e. The number of phenolic OH excluding ortho intramolecular Hbond substituents is 2. The number of hydrogen-bond acceptors (Lipinski definition) is 8. The highest BCUT2D eigenvalue weighted by Crippen LogP contribution is 2.28. The van der Waals surface area contributed by atoms with Gasteiger partial charge in [-0.1, -0.05) is 6.07 Å². The summed E-state index contributed by atoms with van der Waals surface area (Å²) in [5.41, 5.74) is 1.92. The van der Waals surface area contributed by atoms with E-state index in [2.05, 4.69) is 10.5 Å². The molecule has 2 aromatic carbocycles. The van der Waals surface area contributed by atoms with E-state index in [-0.39, 0.29) is 17.0 Å². The number of hydrogen-bond donors (Lipinski definition) is 4. The lowest BCUT2D eigenvalue weighted by Gasteiger charge is -2.05. The van der Waals surface area contributed by atoms with E-state index < -0.39 is 31.3 Å². The summed E-state index contributed by atoms with van der Waals surface area (Å²) >= 11 is 0. The Balaban J connectivity index is 2.31. The van der Waals surface area contributed by atoms with Crippen LogP contribution in [0, 0.1) is 10.1 Å². The Morgan fingerprint density at radius 1 is 1.25 bits per heavy atom. The summed E-state index contributed by atoms with van der Waals surface area (Å²) in [4.78, 5) is 9.84. The Hall–Kier alpha value is -3.18. The highest BCUT2D eigenvalue weighted by molar-refractivity contribution is 7.89. The zero-order valence-electron chi connectivity index (χ0n) is 11.9. The highest BCUT2D eigenvalue weighted by Gasteiger charge is 2.18. The first-order valence-corrected chi connectivity index (χ1v) is 7.86. The summed E-state index contributed by atoms with van der Waals surface area (Å²) in [7, 11) is -4.08. The number of primary sulfonamides is 1. The monoisotopic (exact) mass is 352 g/mol. The molecule has 0 saturated carbocycles. The number of nitrogens with one attached hydrogen (secondary N) is 1. The first-order chi connectivity index (χ1) is 11.2. The molecule has 0 atom stereocenters. The number of aromatic hydroxyl groups is 2. The van der Waals surface area contributed by atoms with Gasteiger partial charge < -0.3 is 10.2 Å². The van der Waals surface area contributed by atoms with Crippen LogP contribution in [0.1, 0.15) is 5.56 Å². The quantitative estimate of drug-likeness (QED) is 0.270.